The van der Waals surface area contributed by atoms with E-state index in [9.17, 15) is 0 Å². The Bertz CT molecular complexity index is 660. The number of aromatic amines is 1. The lowest BCUT2D eigenvalue weighted by Crippen LogP contribution is -2.10. The predicted molar refractivity (Wildman–Crippen MR) is 94.9 cm³/mol. The van der Waals surface area contributed by atoms with Crippen molar-refractivity contribution in [3.8, 4) is 0 Å². The van der Waals surface area contributed by atoms with Crippen LogP contribution in [0.4, 0.5) is 0 Å². The Hall–Kier alpha value is -1.29. The van der Waals surface area contributed by atoms with Gasteiger partial charge in [-0.25, -0.2) is 0 Å². The zero-order valence-corrected chi connectivity index (χ0v) is 13.8. The SMILES string of the molecule is CNCCC[C@H](c1cccs1)c1cccc2[nH]ccc12.Cl. The summed E-state index contributed by atoms with van der Waals surface area (Å²) in [7, 11) is 2.02. The van der Waals surface area contributed by atoms with Crippen LogP contribution < -0.4 is 5.32 Å². The molecule has 0 aliphatic carbocycles. The molecule has 0 unspecified atom stereocenters. The number of hydrogen-bond acceptors (Lipinski definition) is 2. The second-order valence-corrected chi connectivity index (χ2v) is 6.08. The number of halogens is 1. The Kier molecular flexibility index (Phi) is 5.85. The van der Waals surface area contributed by atoms with Gasteiger partial charge >= 0.3 is 0 Å². The molecule has 2 aromatic heterocycles. The number of H-pyrrole nitrogens is 1. The van der Waals surface area contributed by atoms with Crippen LogP contribution >= 0.6 is 23.7 Å². The molecule has 0 saturated carbocycles. The quantitative estimate of drug-likeness (QED) is 0.628. The van der Waals surface area contributed by atoms with Gasteiger partial charge in [-0.2, -0.15) is 0 Å². The Morgan fingerprint density at radius 3 is 2.86 bits per heavy atom. The van der Waals surface area contributed by atoms with E-state index in [1.54, 1.807) is 0 Å². The van der Waals surface area contributed by atoms with E-state index in [0.717, 1.165) is 6.54 Å². The monoisotopic (exact) mass is 320 g/mol. The van der Waals surface area contributed by atoms with Crippen molar-refractivity contribution in [2.45, 2.75) is 18.8 Å². The summed E-state index contributed by atoms with van der Waals surface area (Å²) in [6, 6.07) is 13.2. The molecule has 0 spiro atoms. The zero-order valence-electron chi connectivity index (χ0n) is 12.1. The summed E-state index contributed by atoms with van der Waals surface area (Å²) >= 11 is 1.86. The van der Waals surface area contributed by atoms with Crippen LogP contribution in [0.15, 0.2) is 48.0 Å². The highest BCUT2D eigenvalue weighted by Crippen LogP contribution is 2.35. The van der Waals surface area contributed by atoms with Crippen LogP contribution in [0.3, 0.4) is 0 Å². The van der Waals surface area contributed by atoms with Crippen molar-refractivity contribution in [2.75, 3.05) is 13.6 Å². The minimum atomic E-state index is 0. The lowest BCUT2D eigenvalue weighted by molar-refractivity contribution is 0.636. The van der Waals surface area contributed by atoms with Gasteiger partial charge in [-0.3, -0.25) is 0 Å². The van der Waals surface area contributed by atoms with Gasteiger partial charge in [0.15, 0.2) is 0 Å². The number of aromatic nitrogens is 1. The Morgan fingerprint density at radius 2 is 2.10 bits per heavy atom. The molecule has 3 aromatic rings. The molecule has 2 nitrogen and oxygen atoms in total. The third-order valence-corrected chi connectivity index (χ3v) is 4.80. The summed E-state index contributed by atoms with van der Waals surface area (Å²) in [6.07, 6.45) is 4.42. The third kappa shape index (κ3) is 3.49. The van der Waals surface area contributed by atoms with E-state index in [1.165, 1.54) is 34.2 Å². The molecule has 3 rings (SSSR count). The molecular formula is C17H21ClN2S. The average molecular weight is 321 g/mol. The topological polar surface area (TPSA) is 27.8 Å². The molecule has 0 bridgehead atoms. The summed E-state index contributed by atoms with van der Waals surface area (Å²) in [6.45, 7) is 1.07. The second kappa shape index (κ2) is 7.64. The molecule has 4 heteroatoms. The van der Waals surface area contributed by atoms with Gasteiger partial charge < -0.3 is 10.3 Å². The first-order valence-corrected chi connectivity index (χ1v) is 8.02. The van der Waals surface area contributed by atoms with E-state index in [2.05, 4.69) is 52.1 Å². The maximum absolute atomic E-state index is 3.32. The number of hydrogen-bond donors (Lipinski definition) is 2. The first kappa shape index (κ1) is 16.1. The fraction of sp³-hybridized carbons (Fsp3) is 0.294. The highest BCUT2D eigenvalue weighted by Gasteiger charge is 2.17. The second-order valence-electron chi connectivity index (χ2n) is 5.10. The summed E-state index contributed by atoms with van der Waals surface area (Å²) in [5, 5.41) is 6.78. The van der Waals surface area contributed by atoms with Crippen LogP contribution in [-0.4, -0.2) is 18.6 Å². The van der Waals surface area contributed by atoms with Crippen LogP contribution in [-0.2, 0) is 0 Å². The fourth-order valence-electron chi connectivity index (χ4n) is 2.84. The van der Waals surface area contributed by atoms with Crippen molar-refractivity contribution in [3.05, 3.63) is 58.4 Å². The normalized spacial score (nSPS) is 12.2. The van der Waals surface area contributed by atoms with E-state index >= 15 is 0 Å². The number of nitrogens with one attached hydrogen (secondary N) is 2. The van der Waals surface area contributed by atoms with Gasteiger partial charge in [0, 0.05) is 27.9 Å². The van der Waals surface area contributed by atoms with E-state index < -0.39 is 0 Å². The molecule has 0 fully saturated rings. The summed E-state index contributed by atoms with van der Waals surface area (Å²) < 4.78 is 0. The van der Waals surface area contributed by atoms with Gasteiger partial charge in [0.2, 0.25) is 0 Å². The van der Waals surface area contributed by atoms with Crippen LogP contribution in [0.25, 0.3) is 10.9 Å². The molecule has 1 aromatic carbocycles. The average Bonchev–Trinajstić information content (AvgIpc) is 3.14. The van der Waals surface area contributed by atoms with E-state index in [-0.39, 0.29) is 12.4 Å². The zero-order chi connectivity index (χ0) is 13.8. The number of thiophene rings is 1. The molecule has 0 aliphatic rings. The minimum absolute atomic E-state index is 0. The smallest absolute Gasteiger partial charge is 0.0456 e. The minimum Gasteiger partial charge on any atom is -0.361 e. The van der Waals surface area contributed by atoms with Crippen molar-refractivity contribution in [1.29, 1.82) is 0 Å². The number of benzene rings is 1. The van der Waals surface area contributed by atoms with Gasteiger partial charge in [-0.1, -0.05) is 18.2 Å². The molecule has 21 heavy (non-hydrogen) atoms. The summed E-state index contributed by atoms with van der Waals surface area (Å²) in [5.41, 5.74) is 2.68. The molecule has 2 heterocycles. The molecular weight excluding hydrogens is 300 g/mol. The molecule has 0 aliphatic heterocycles. The molecule has 2 N–H and O–H groups in total. The first-order chi connectivity index (χ1) is 9.90. The Morgan fingerprint density at radius 1 is 1.19 bits per heavy atom. The molecule has 112 valence electrons. The van der Waals surface area contributed by atoms with E-state index in [0.29, 0.717) is 5.92 Å². The number of rotatable bonds is 6. The summed E-state index contributed by atoms with van der Waals surface area (Å²) in [5.74, 6) is 0.503. The van der Waals surface area contributed by atoms with Crippen LogP contribution in [0.5, 0.6) is 0 Å². The van der Waals surface area contributed by atoms with Gasteiger partial charge in [-0.05, 0) is 55.6 Å². The molecule has 1 atom stereocenters. The lowest BCUT2D eigenvalue weighted by atomic mass is 9.90. The van der Waals surface area contributed by atoms with Crippen LogP contribution in [0.2, 0.25) is 0 Å². The van der Waals surface area contributed by atoms with E-state index in [4.69, 9.17) is 0 Å². The van der Waals surface area contributed by atoms with E-state index in [1.807, 2.05) is 24.6 Å². The van der Waals surface area contributed by atoms with Gasteiger partial charge in [0.1, 0.15) is 0 Å². The number of fused-ring (bicyclic) bond motifs is 1. The molecule has 0 radical (unpaired) electrons. The first-order valence-electron chi connectivity index (χ1n) is 7.14. The summed E-state index contributed by atoms with van der Waals surface area (Å²) in [4.78, 5) is 4.79. The highest BCUT2D eigenvalue weighted by atomic mass is 35.5. The standard InChI is InChI=1S/C17H20N2S.ClH/c1-18-10-3-6-15(17-8-4-12-20-17)13-5-2-7-16-14(13)9-11-19-16;/h2,4-5,7-9,11-12,15,18-19H,3,6,10H2,1H3;1H/t15-;/m0./s1. The van der Waals surface area contributed by atoms with Gasteiger partial charge in [0.05, 0.1) is 0 Å². The van der Waals surface area contributed by atoms with Crippen molar-refractivity contribution in [3.63, 3.8) is 0 Å². The van der Waals surface area contributed by atoms with Gasteiger partial charge in [-0.15, -0.1) is 23.7 Å². The van der Waals surface area contributed by atoms with Crippen molar-refractivity contribution < 1.29 is 0 Å². The van der Waals surface area contributed by atoms with Crippen LogP contribution in [0, 0.1) is 0 Å². The lowest BCUT2D eigenvalue weighted by Gasteiger charge is -2.17. The van der Waals surface area contributed by atoms with Crippen LogP contribution in [0.1, 0.15) is 29.2 Å². The highest BCUT2D eigenvalue weighted by molar-refractivity contribution is 7.10. The van der Waals surface area contributed by atoms with Crippen molar-refractivity contribution in [1.82, 2.24) is 10.3 Å². The van der Waals surface area contributed by atoms with Gasteiger partial charge in [0.25, 0.3) is 0 Å². The Labute approximate surface area is 136 Å². The van der Waals surface area contributed by atoms with Crippen molar-refractivity contribution >= 4 is 34.6 Å². The third-order valence-electron chi connectivity index (χ3n) is 3.81. The fourth-order valence-corrected chi connectivity index (χ4v) is 3.72. The van der Waals surface area contributed by atoms with Crippen molar-refractivity contribution in [2.24, 2.45) is 0 Å². The predicted octanol–water partition coefficient (Wildman–Crippen LogP) is 4.78. The maximum Gasteiger partial charge on any atom is 0.0456 e. The Balaban J connectivity index is 0.00000161. The largest absolute Gasteiger partial charge is 0.361 e. The molecule has 0 amide bonds. The molecule has 0 saturated heterocycles. The maximum atomic E-state index is 3.32.